The molecular formula is C38H24F8N2O2. The molecule has 50 heavy (non-hydrogen) atoms. The number of ether oxygens (including phenoxy) is 2. The zero-order chi connectivity index (χ0) is 36.2. The van der Waals surface area contributed by atoms with Crippen molar-refractivity contribution in [3.05, 3.63) is 128 Å². The summed E-state index contributed by atoms with van der Waals surface area (Å²) in [4.78, 5) is 0. The zero-order valence-electron chi connectivity index (χ0n) is 26.0. The highest BCUT2D eigenvalue weighted by molar-refractivity contribution is 5.50. The number of benzene rings is 4. The maximum Gasteiger partial charge on any atom is 0.181 e. The maximum atomic E-state index is 14.0. The van der Waals surface area contributed by atoms with Crippen LogP contribution in [0.1, 0.15) is 71.9 Å². The Morgan fingerprint density at radius 2 is 0.660 bits per heavy atom. The van der Waals surface area contributed by atoms with Crippen molar-refractivity contribution in [1.29, 1.82) is 10.5 Å². The Balaban J connectivity index is 1.11. The van der Waals surface area contributed by atoms with Crippen LogP contribution in [0.5, 0.6) is 11.5 Å². The summed E-state index contributed by atoms with van der Waals surface area (Å²) in [5, 5.41) is 17.3. The molecule has 0 aromatic heterocycles. The molecule has 254 valence electrons. The van der Waals surface area contributed by atoms with Gasteiger partial charge in [0.15, 0.2) is 46.5 Å². The standard InChI is InChI=1S/C38H24F8N2O2/c39-31-27(32(40)36(44)29(21-47)35(31)43)17-11-23-7-13-25(14-8-23)49-19-5-3-1-2-4-6-20-50-26-15-9-24(10-16-26)12-18-28-33(41)37(45)30(22-48)38(46)34(28)42/h7-10,13-16H,1-6,19-20H2. The lowest BCUT2D eigenvalue weighted by molar-refractivity contribution is 0.297. The fraction of sp³-hybridized carbons (Fsp3) is 0.211. The van der Waals surface area contributed by atoms with Gasteiger partial charge in [0.2, 0.25) is 0 Å². The molecule has 0 saturated heterocycles. The van der Waals surface area contributed by atoms with E-state index < -0.39 is 68.8 Å². The monoisotopic (exact) mass is 692 g/mol. The van der Waals surface area contributed by atoms with Gasteiger partial charge in [-0.1, -0.05) is 49.4 Å². The lowest BCUT2D eigenvalue weighted by Gasteiger charge is -2.07. The van der Waals surface area contributed by atoms with E-state index in [2.05, 4.69) is 23.7 Å². The summed E-state index contributed by atoms with van der Waals surface area (Å²) >= 11 is 0. The third-order valence-electron chi connectivity index (χ3n) is 7.20. The molecule has 12 heteroatoms. The molecule has 4 nitrogen and oxygen atoms in total. The minimum Gasteiger partial charge on any atom is -0.494 e. The predicted molar refractivity (Wildman–Crippen MR) is 166 cm³/mol. The molecule has 0 amide bonds. The van der Waals surface area contributed by atoms with E-state index in [1.54, 1.807) is 24.3 Å². The number of halogens is 8. The number of nitriles is 2. The summed E-state index contributed by atoms with van der Waals surface area (Å²) in [6.07, 6.45) is 5.41. The molecule has 0 aliphatic heterocycles. The van der Waals surface area contributed by atoms with Gasteiger partial charge in [-0.25, -0.2) is 35.1 Å². The van der Waals surface area contributed by atoms with E-state index in [0.29, 0.717) is 35.8 Å². The van der Waals surface area contributed by atoms with E-state index in [4.69, 9.17) is 20.0 Å². The minimum absolute atomic E-state index is 0.320. The fourth-order valence-electron chi connectivity index (χ4n) is 4.51. The lowest BCUT2D eigenvalue weighted by Crippen LogP contribution is -2.04. The molecule has 0 aliphatic carbocycles. The van der Waals surface area contributed by atoms with Gasteiger partial charge >= 0.3 is 0 Å². The maximum absolute atomic E-state index is 14.0. The van der Waals surface area contributed by atoms with Crippen LogP contribution in [-0.2, 0) is 0 Å². The molecule has 4 rings (SSSR count). The van der Waals surface area contributed by atoms with Crippen molar-refractivity contribution in [3.63, 3.8) is 0 Å². The largest absolute Gasteiger partial charge is 0.494 e. The van der Waals surface area contributed by atoms with Crippen LogP contribution < -0.4 is 9.47 Å². The van der Waals surface area contributed by atoms with Crippen molar-refractivity contribution >= 4 is 0 Å². The van der Waals surface area contributed by atoms with Crippen LogP contribution in [0.25, 0.3) is 0 Å². The van der Waals surface area contributed by atoms with E-state index in [1.807, 2.05) is 0 Å². The molecule has 4 aromatic rings. The summed E-state index contributed by atoms with van der Waals surface area (Å²) in [5.41, 5.74) is -4.27. The molecule has 0 heterocycles. The van der Waals surface area contributed by atoms with Crippen molar-refractivity contribution in [3.8, 4) is 47.3 Å². The summed E-state index contributed by atoms with van der Waals surface area (Å²) in [5.74, 6) is -4.05. The Morgan fingerprint density at radius 3 is 0.960 bits per heavy atom. The number of hydrogen-bond acceptors (Lipinski definition) is 4. The minimum atomic E-state index is -1.80. The summed E-state index contributed by atoms with van der Waals surface area (Å²) in [7, 11) is 0. The van der Waals surface area contributed by atoms with Crippen LogP contribution >= 0.6 is 0 Å². The van der Waals surface area contributed by atoms with Crippen LogP contribution in [0, 0.1) is 92.9 Å². The molecular weight excluding hydrogens is 668 g/mol. The molecule has 0 atom stereocenters. The van der Waals surface area contributed by atoms with Gasteiger partial charge in [0, 0.05) is 11.1 Å². The molecule has 0 saturated carbocycles. The topological polar surface area (TPSA) is 66.0 Å². The zero-order valence-corrected chi connectivity index (χ0v) is 26.0. The van der Waals surface area contributed by atoms with Crippen molar-refractivity contribution in [2.45, 2.75) is 38.5 Å². The van der Waals surface area contributed by atoms with Crippen LogP contribution in [0.2, 0.25) is 0 Å². The first-order chi connectivity index (χ1) is 24.1. The second-order valence-electron chi connectivity index (χ2n) is 10.6. The van der Waals surface area contributed by atoms with Crippen LogP contribution in [0.4, 0.5) is 35.1 Å². The predicted octanol–water partition coefficient (Wildman–Crippen LogP) is 9.14. The highest BCUT2D eigenvalue weighted by atomic mass is 19.2. The van der Waals surface area contributed by atoms with Crippen LogP contribution in [-0.4, -0.2) is 13.2 Å². The number of unbranched alkanes of at least 4 members (excludes halogenated alkanes) is 5. The van der Waals surface area contributed by atoms with Crippen molar-refractivity contribution in [1.82, 2.24) is 0 Å². The van der Waals surface area contributed by atoms with E-state index in [1.165, 1.54) is 24.3 Å². The van der Waals surface area contributed by atoms with E-state index in [9.17, 15) is 35.1 Å². The summed E-state index contributed by atoms with van der Waals surface area (Å²) < 4.78 is 123. The van der Waals surface area contributed by atoms with Gasteiger partial charge in [0.25, 0.3) is 0 Å². The van der Waals surface area contributed by atoms with Gasteiger partial charge in [-0.05, 0) is 61.4 Å². The van der Waals surface area contributed by atoms with Gasteiger partial charge in [0.05, 0.1) is 13.2 Å². The average molecular weight is 693 g/mol. The fourth-order valence-corrected chi connectivity index (χ4v) is 4.51. The SMILES string of the molecule is N#Cc1c(F)c(F)c(C#Cc2ccc(OCCCCCCCCOc3ccc(C#Cc4c(F)c(F)c(C#N)c(F)c4F)cc3)cc2)c(F)c1F. The average Bonchev–Trinajstić information content (AvgIpc) is 3.12. The number of rotatable bonds is 11. The first kappa shape index (κ1) is 36.8. The normalized spacial score (nSPS) is 10.3. The Bertz CT molecular complexity index is 1870. The summed E-state index contributed by atoms with van der Waals surface area (Å²) in [6, 6.07) is 14.6. The first-order valence-electron chi connectivity index (χ1n) is 15.1. The first-order valence-corrected chi connectivity index (χ1v) is 15.1. The second-order valence-corrected chi connectivity index (χ2v) is 10.6. The molecule has 0 fully saturated rings. The molecule has 0 bridgehead atoms. The Morgan fingerprint density at radius 1 is 0.380 bits per heavy atom. The third kappa shape index (κ3) is 8.92. The highest BCUT2D eigenvalue weighted by Gasteiger charge is 2.25. The van der Waals surface area contributed by atoms with Crippen LogP contribution in [0.15, 0.2) is 48.5 Å². The van der Waals surface area contributed by atoms with Crippen molar-refractivity contribution in [2.75, 3.05) is 13.2 Å². The Labute approximate surface area is 282 Å². The van der Waals surface area contributed by atoms with Crippen LogP contribution in [0.3, 0.4) is 0 Å². The van der Waals surface area contributed by atoms with Gasteiger partial charge in [-0.2, -0.15) is 10.5 Å². The quantitative estimate of drug-likeness (QED) is 0.0681. The number of nitrogens with zero attached hydrogens (tertiary/aromatic N) is 2. The second kappa shape index (κ2) is 17.4. The molecule has 0 spiro atoms. The summed E-state index contributed by atoms with van der Waals surface area (Å²) in [6.45, 7) is 0.916. The van der Waals surface area contributed by atoms with Gasteiger partial charge in [-0.15, -0.1) is 0 Å². The van der Waals surface area contributed by atoms with E-state index in [0.717, 1.165) is 50.7 Å². The van der Waals surface area contributed by atoms with Crippen molar-refractivity contribution < 1.29 is 44.6 Å². The van der Waals surface area contributed by atoms with Gasteiger partial charge < -0.3 is 9.47 Å². The molecule has 0 aliphatic rings. The van der Waals surface area contributed by atoms with Gasteiger partial charge in [-0.3, -0.25) is 0 Å². The lowest BCUT2D eigenvalue weighted by atomic mass is 10.1. The van der Waals surface area contributed by atoms with Gasteiger partial charge in [0.1, 0.15) is 45.9 Å². The molecule has 0 unspecified atom stereocenters. The Kier molecular flexibility index (Phi) is 12.8. The molecule has 0 N–H and O–H groups in total. The third-order valence-corrected chi connectivity index (χ3v) is 7.20. The number of hydrogen-bond donors (Lipinski definition) is 0. The van der Waals surface area contributed by atoms with E-state index >= 15 is 0 Å². The molecule has 0 radical (unpaired) electrons. The molecule has 4 aromatic carbocycles. The Hall–Kier alpha value is -5.98. The highest BCUT2D eigenvalue weighted by Crippen LogP contribution is 2.25. The van der Waals surface area contributed by atoms with E-state index in [-0.39, 0.29) is 0 Å². The van der Waals surface area contributed by atoms with Crippen molar-refractivity contribution in [2.24, 2.45) is 0 Å². The smallest absolute Gasteiger partial charge is 0.181 e.